The third-order valence-electron chi connectivity index (χ3n) is 3.41. The Hall–Kier alpha value is -3.02. The number of phenols is 2. The lowest BCUT2D eigenvalue weighted by molar-refractivity contribution is -0.116. The van der Waals surface area contributed by atoms with E-state index >= 15 is 0 Å². The van der Waals surface area contributed by atoms with Gasteiger partial charge >= 0.3 is 5.97 Å². The molecule has 2 rings (SSSR count). The van der Waals surface area contributed by atoms with E-state index in [1.165, 1.54) is 18.2 Å². The number of hydrogen-bond acceptors (Lipinski definition) is 4. The number of aromatic carboxylic acids is 1. The molecular weight excluding hydrogens is 298 g/mol. The van der Waals surface area contributed by atoms with Crippen molar-refractivity contribution < 1.29 is 24.9 Å². The first-order valence-corrected chi connectivity index (χ1v) is 7.01. The molecule has 0 saturated carbocycles. The second kappa shape index (κ2) is 6.83. The third kappa shape index (κ3) is 4.23. The number of aryl methyl sites for hydroxylation is 2. The lowest BCUT2D eigenvalue weighted by Gasteiger charge is -2.09. The SMILES string of the molecule is Cc1cc(CCC(=O)Nc2cc(O)ccc2C(=O)O)ccc1O. The van der Waals surface area contributed by atoms with E-state index < -0.39 is 5.97 Å². The van der Waals surface area contributed by atoms with Crippen molar-refractivity contribution in [2.45, 2.75) is 19.8 Å². The van der Waals surface area contributed by atoms with Gasteiger partial charge in [0, 0.05) is 12.5 Å². The fourth-order valence-electron chi connectivity index (χ4n) is 2.17. The molecule has 2 aromatic carbocycles. The van der Waals surface area contributed by atoms with Gasteiger partial charge in [0.25, 0.3) is 0 Å². The molecule has 0 unspecified atom stereocenters. The second-order valence-corrected chi connectivity index (χ2v) is 5.20. The molecule has 6 heteroatoms. The standard InChI is InChI=1S/C17H17NO5/c1-10-8-11(2-6-15(10)20)3-7-16(21)18-14-9-12(19)4-5-13(14)17(22)23/h2,4-6,8-9,19-20H,3,7H2,1H3,(H,18,21)(H,22,23). The number of carboxylic acids is 1. The maximum atomic E-state index is 12.0. The average molecular weight is 315 g/mol. The second-order valence-electron chi connectivity index (χ2n) is 5.20. The summed E-state index contributed by atoms with van der Waals surface area (Å²) in [7, 11) is 0. The van der Waals surface area contributed by atoms with Crippen molar-refractivity contribution in [3.63, 3.8) is 0 Å². The van der Waals surface area contributed by atoms with Crippen molar-refractivity contribution in [1.29, 1.82) is 0 Å². The van der Waals surface area contributed by atoms with Gasteiger partial charge in [-0.25, -0.2) is 4.79 Å². The van der Waals surface area contributed by atoms with E-state index in [2.05, 4.69) is 5.32 Å². The lowest BCUT2D eigenvalue weighted by atomic mass is 10.1. The molecule has 120 valence electrons. The van der Waals surface area contributed by atoms with E-state index in [0.29, 0.717) is 6.42 Å². The third-order valence-corrected chi connectivity index (χ3v) is 3.41. The molecule has 0 saturated heterocycles. The normalized spacial score (nSPS) is 10.3. The molecule has 0 aliphatic heterocycles. The monoisotopic (exact) mass is 315 g/mol. The Labute approximate surface area is 133 Å². The van der Waals surface area contributed by atoms with Crippen LogP contribution in [0.4, 0.5) is 5.69 Å². The van der Waals surface area contributed by atoms with Crippen molar-refractivity contribution >= 4 is 17.6 Å². The number of aromatic hydroxyl groups is 2. The quantitative estimate of drug-likeness (QED) is 0.678. The van der Waals surface area contributed by atoms with E-state index in [4.69, 9.17) is 5.11 Å². The fourth-order valence-corrected chi connectivity index (χ4v) is 2.17. The van der Waals surface area contributed by atoms with Crippen molar-refractivity contribution in [1.82, 2.24) is 0 Å². The highest BCUT2D eigenvalue weighted by Crippen LogP contribution is 2.22. The molecule has 0 bridgehead atoms. The number of carbonyl (C=O) groups excluding carboxylic acids is 1. The number of hydrogen-bond donors (Lipinski definition) is 4. The zero-order chi connectivity index (χ0) is 17.0. The summed E-state index contributed by atoms with van der Waals surface area (Å²) in [4.78, 5) is 23.1. The summed E-state index contributed by atoms with van der Waals surface area (Å²) in [5.74, 6) is -1.47. The molecule has 0 fully saturated rings. The highest BCUT2D eigenvalue weighted by Gasteiger charge is 2.13. The number of anilines is 1. The van der Waals surface area contributed by atoms with Gasteiger partial charge in [0.2, 0.25) is 5.91 Å². The van der Waals surface area contributed by atoms with Gasteiger partial charge in [0.1, 0.15) is 11.5 Å². The first-order valence-electron chi connectivity index (χ1n) is 7.01. The highest BCUT2D eigenvalue weighted by molar-refractivity contribution is 6.00. The van der Waals surface area contributed by atoms with Crippen molar-refractivity contribution in [3.05, 3.63) is 53.1 Å². The summed E-state index contributed by atoms with van der Waals surface area (Å²) in [5.41, 5.74) is 1.59. The Bertz CT molecular complexity index is 755. The fraction of sp³-hybridized carbons (Fsp3) is 0.176. The number of benzene rings is 2. The van der Waals surface area contributed by atoms with E-state index in [-0.39, 0.29) is 35.1 Å². The van der Waals surface area contributed by atoms with Crippen LogP contribution in [0.3, 0.4) is 0 Å². The van der Waals surface area contributed by atoms with Gasteiger partial charge in [0.05, 0.1) is 11.3 Å². The summed E-state index contributed by atoms with van der Waals surface area (Å²) in [6.07, 6.45) is 0.604. The van der Waals surface area contributed by atoms with Gasteiger partial charge in [0.15, 0.2) is 0 Å². The van der Waals surface area contributed by atoms with Crippen LogP contribution in [-0.4, -0.2) is 27.2 Å². The van der Waals surface area contributed by atoms with E-state index in [1.54, 1.807) is 25.1 Å². The number of nitrogens with one attached hydrogen (secondary N) is 1. The predicted octanol–water partition coefficient (Wildman–Crippen LogP) is 2.68. The van der Waals surface area contributed by atoms with E-state index in [0.717, 1.165) is 11.1 Å². The van der Waals surface area contributed by atoms with Crippen LogP contribution in [0.1, 0.15) is 27.9 Å². The van der Waals surface area contributed by atoms with E-state index in [1.807, 2.05) is 0 Å². The number of rotatable bonds is 5. The Balaban J connectivity index is 2.03. The maximum Gasteiger partial charge on any atom is 0.337 e. The molecule has 23 heavy (non-hydrogen) atoms. The molecule has 0 heterocycles. The van der Waals surface area contributed by atoms with Crippen LogP contribution in [0, 0.1) is 6.92 Å². The zero-order valence-electron chi connectivity index (χ0n) is 12.5. The topological polar surface area (TPSA) is 107 Å². The summed E-state index contributed by atoms with van der Waals surface area (Å²) in [5, 5.41) is 30.5. The lowest BCUT2D eigenvalue weighted by Crippen LogP contribution is -2.15. The Kier molecular flexibility index (Phi) is 4.85. The molecule has 0 spiro atoms. The summed E-state index contributed by atoms with van der Waals surface area (Å²) in [6, 6.07) is 8.77. The van der Waals surface area contributed by atoms with Crippen molar-refractivity contribution in [3.8, 4) is 11.5 Å². The highest BCUT2D eigenvalue weighted by atomic mass is 16.4. The van der Waals surface area contributed by atoms with Crippen LogP contribution in [0.2, 0.25) is 0 Å². The van der Waals surface area contributed by atoms with Crippen molar-refractivity contribution in [2.24, 2.45) is 0 Å². The minimum atomic E-state index is -1.19. The number of carbonyl (C=O) groups is 2. The van der Waals surface area contributed by atoms with Gasteiger partial charge in [-0.15, -0.1) is 0 Å². The summed E-state index contributed by atoms with van der Waals surface area (Å²) < 4.78 is 0. The first kappa shape index (κ1) is 16.4. The largest absolute Gasteiger partial charge is 0.508 e. The molecule has 0 aromatic heterocycles. The molecule has 6 nitrogen and oxygen atoms in total. The number of amides is 1. The van der Waals surface area contributed by atoms with Crippen LogP contribution in [0.5, 0.6) is 11.5 Å². The summed E-state index contributed by atoms with van der Waals surface area (Å²) in [6.45, 7) is 1.77. The zero-order valence-corrected chi connectivity index (χ0v) is 12.5. The van der Waals surface area contributed by atoms with Crippen molar-refractivity contribution in [2.75, 3.05) is 5.32 Å². The number of phenolic OH excluding ortho intramolecular Hbond substituents is 2. The molecular formula is C17H17NO5. The molecule has 0 radical (unpaired) electrons. The number of carboxylic acid groups (broad SMARTS) is 1. The molecule has 0 atom stereocenters. The van der Waals surface area contributed by atoms with Crippen LogP contribution in [-0.2, 0) is 11.2 Å². The summed E-state index contributed by atoms with van der Waals surface area (Å²) >= 11 is 0. The van der Waals surface area contributed by atoms with Gasteiger partial charge in [-0.2, -0.15) is 0 Å². The Morgan fingerprint density at radius 3 is 2.48 bits per heavy atom. The van der Waals surface area contributed by atoms with Crippen LogP contribution >= 0.6 is 0 Å². The Morgan fingerprint density at radius 1 is 1.09 bits per heavy atom. The Morgan fingerprint density at radius 2 is 1.83 bits per heavy atom. The van der Waals surface area contributed by atoms with Gasteiger partial charge in [-0.1, -0.05) is 12.1 Å². The van der Waals surface area contributed by atoms with E-state index in [9.17, 15) is 19.8 Å². The van der Waals surface area contributed by atoms with Crippen LogP contribution in [0.25, 0.3) is 0 Å². The average Bonchev–Trinajstić information content (AvgIpc) is 2.48. The van der Waals surface area contributed by atoms with Crippen LogP contribution < -0.4 is 5.32 Å². The maximum absolute atomic E-state index is 12.0. The molecule has 0 aliphatic rings. The molecule has 2 aromatic rings. The minimum absolute atomic E-state index is 0.0596. The smallest absolute Gasteiger partial charge is 0.337 e. The first-order chi connectivity index (χ1) is 10.9. The van der Waals surface area contributed by atoms with Gasteiger partial charge in [-0.3, -0.25) is 4.79 Å². The van der Waals surface area contributed by atoms with Gasteiger partial charge in [-0.05, 0) is 42.7 Å². The molecule has 4 N–H and O–H groups in total. The predicted molar refractivity (Wildman–Crippen MR) is 84.9 cm³/mol. The van der Waals surface area contributed by atoms with Gasteiger partial charge < -0.3 is 20.6 Å². The molecule has 1 amide bonds. The van der Waals surface area contributed by atoms with Crippen LogP contribution in [0.15, 0.2) is 36.4 Å². The molecule has 0 aliphatic carbocycles. The minimum Gasteiger partial charge on any atom is -0.508 e.